The van der Waals surface area contributed by atoms with E-state index in [4.69, 9.17) is 4.74 Å². The van der Waals surface area contributed by atoms with Crippen molar-refractivity contribution in [1.29, 1.82) is 0 Å². The fourth-order valence-electron chi connectivity index (χ4n) is 9.31. The average Bonchev–Trinajstić information content (AvgIpc) is 3.12. The lowest BCUT2D eigenvalue weighted by Crippen LogP contribution is -2.58. The first-order valence-corrected chi connectivity index (χ1v) is 13.4. The SMILES string of the molecule is COC[C@]12CC[C@@](C)(O)C[C@@H]1CC[C@H]1C3CC[C@H](C(=O)c4ccc(C)c(C)c4)[C@@]3(C)CC[C@@H]12. The lowest BCUT2D eigenvalue weighted by atomic mass is 9.43. The Morgan fingerprint density at radius 3 is 2.52 bits per heavy atom. The Balaban J connectivity index is 1.42. The Labute approximate surface area is 200 Å². The molecule has 4 aliphatic rings. The minimum absolute atomic E-state index is 0.123. The standard InChI is InChI=1S/C30H44O3/c1-19-6-7-21(16-20(19)2)27(31)26-11-10-24-23-9-8-22-17-28(3,32)14-15-30(22,18-33-5)25(23)12-13-29(24,26)4/h6-7,16,22-26,32H,8-15,17-18H2,1-5H3/t22-,23-,24?,25-,26+,28+,29-,30+/m0/s1. The van der Waals surface area contributed by atoms with Crippen LogP contribution in [0.5, 0.6) is 0 Å². The second-order valence-corrected chi connectivity index (χ2v) is 12.9. The number of methoxy groups -OCH3 is 1. The van der Waals surface area contributed by atoms with Gasteiger partial charge >= 0.3 is 0 Å². The van der Waals surface area contributed by atoms with Gasteiger partial charge in [0.2, 0.25) is 0 Å². The summed E-state index contributed by atoms with van der Waals surface area (Å²) in [4.78, 5) is 13.7. The molecule has 0 aliphatic heterocycles. The molecule has 3 heteroatoms. The molecule has 0 radical (unpaired) electrons. The molecule has 0 amide bonds. The van der Waals surface area contributed by atoms with Gasteiger partial charge in [0.15, 0.2) is 5.78 Å². The number of ketones is 1. The fourth-order valence-corrected chi connectivity index (χ4v) is 9.31. The number of benzene rings is 1. The second kappa shape index (κ2) is 8.19. The van der Waals surface area contributed by atoms with E-state index in [1.165, 1.54) is 36.8 Å². The number of fused-ring (bicyclic) bond motifs is 5. The molecule has 1 N–H and O–H groups in total. The van der Waals surface area contributed by atoms with Crippen LogP contribution in [0.25, 0.3) is 0 Å². The molecule has 4 fully saturated rings. The third kappa shape index (κ3) is 3.64. The molecule has 1 aromatic rings. The van der Waals surface area contributed by atoms with Crippen LogP contribution in [-0.4, -0.2) is 30.2 Å². The van der Waals surface area contributed by atoms with E-state index in [1.807, 2.05) is 14.0 Å². The number of carbonyl (C=O) groups excluding carboxylic acids is 1. The smallest absolute Gasteiger partial charge is 0.166 e. The predicted octanol–water partition coefficient (Wildman–Crippen LogP) is 6.52. The van der Waals surface area contributed by atoms with Gasteiger partial charge in [-0.3, -0.25) is 4.79 Å². The molecule has 182 valence electrons. The van der Waals surface area contributed by atoms with Gasteiger partial charge in [0, 0.05) is 18.6 Å². The Kier molecular flexibility index (Phi) is 5.85. The van der Waals surface area contributed by atoms with Crippen molar-refractivity contribution < 1.29 is 14.6 Å². The van der Waals surface area contributed by atoms with E-state index in [0.29, 0.717) is 29.5 Å². The molecule has 5 rings (SSSR count). The maximum Gasteiger partial charge on any atom is 0.166 e. The van der Waals surface area contributed by atoms with E-state index in [0.717, 1.165) is 44.3 Å². The molecule has 1 aromatic carbocycles. The van der Waals surface area contributed by atoms with Gasteiger partial charge in [0.25, 0.3) is 0 Å². The Morgan fingerprint density at radius 1 is 1.00 bits per heavy atom. The number of carbonyl (C=O) groups is 1. The number of rotatable bonds is 4. The number of ether oxygens (including phenoxy) is 1. The third-order valence-electron chi connectivity index (χ3n) is 11.2. The maximum atomic E-state index is 13.7. The van der Waals surface area contributed by atoms with Crippen LogP contribution in [0.3, 0.4) is 0 Å². The van der Waals surface area contributed by atoms with Gasteiger partial charge in [0.05, 0.1) is 12.2 Å². The molecule has 0 spiro atoms. The van der Waals surface area contributed by atoms with Crippen LogP contribution >= 0.6 is 0 Å². The highest BCUT2D eigenvalue weighted by Crippen LogP contribution is 2.68. The zero-order chi connectivity index (χ0) is 23.6. The van der Waals surface area contributed by atoms with Crippen molar-refractivity contribution in [2.45, 2.75) is 91.1 Å². The van der Waals surface area contributed by atoms with E-state index in [9.17, 15) is 9.90 Å². The third-order valence-corrected chi connectivity index (χ3v) is 11.2. The molecule has 4 aliphatic carbocycles. The van der Waals surface area contributed by atoms with Crippen LogP contribution in [0.2, 0.25) is 0 Å². The van der Waals surface area contributed by atoms with E-state index in [2.05, 4.69) is 39.0 Å². The molecular weight excluding hydrogens is 408 g/mol. The molecule has 8 atom stereocenters. The molecule has 0 heterocycles. The predicted molar refractivity (Wildman–Crippen MR) is 132 cm³/mol. The van der Waals surface area contributed by atoms with E-state index >= 15 is 0 Å². The van der Waals surface area contributed by atoms with Crippen molar-refractivity contribution in [2.24, 2.45) is 40.4 Å². The van der Waals surface area contributed by atoms with Crippen LogP contribution in [0.4, 0.5) is 0 Å². The van der Waals surface area contributed by atoms with Crippen LogP contribution < -0.4 is 0 Å². The lowest BCUT2D eigenvalue weighted by molar-refractivity contribution is -0.173. The topological polar surface area (TPSA) is 46.5 Å². The minimum Gasteiger partial charge on any atom is -0.390 e. The number of aryl methyl sites for hydroxylation is 2. The molecular formula is C30H44O3. The Morgan fingerprint density at radius 2 is 1.79 bits per heavy atom. The highest BCUT2D eigenvalue weighted by Gasteiger charge is 2.63. The number of Topliss-reactive ketones (excluding diaryl/α,β-unsaturated/α-hetero) is 1. The number of hydrogen-bond acceptors (Lipinski definition) is 3. The number of hydrogen-bond donors (Lipinski definition) is 1. The largest absolute Gasteiger partial charge is 0.390 e. The summed E-state index contributed by atoms with van der Waals surface area (Å²) in [5.74, 6) is 3.15. The molecule has 4 saturated carbocycles. The average molecular weight is 453 g/mol. The zero-order valence-electron chi connectivity index (χ0n) is 21.5. The van der Waals surface area contributed by atoms with Gasteiger partial charge in [-0.1, -0.05) is 19.1 Å². The fraction of sp³-hybridized carbons (Fsp3) is 0.767. The summed E-state index contributed by atoms with van der Waals surface area (Å²) in [6.07, 6.45) is 10.0. The summed E-state index contributed by atoms with van der Waals surface area (Å²) in [5, 5.41) is 10.8. The van der Waals surface area contributed by atoms with Crippen molar-refractivity contribution >= 4 is 5.78 Å². The van der Waals surface area contributed by atoms with Crippen LogP contribution in [-0.2, 0) is 4.74 Å². The normalized spacial score (nSPS) is 44.6. The summed E-state index contributed by atoms with van der Waals surface area (Å²) >= 11 is 0. The molecule has 0 saturated heterocycles. The van der Waals surface area contributed by atoms with Gasteiger partial charge in [-0.2, -0.15) is 0 Å². The first kappa shape index (κ1) is 23.5. The van der Waals surface area contributed by atoms with Gasteiger partial charge in [-0.25, -0.2) is 0 Å². The summed E-state index contributed by atoms with van der Waals surface area (Å²) in [6, 6.07) is 6.29. The van der Waals surface area contributed by atoms with Gasteiger partial charge in [-0.05, 0) is 130 Å². The quantitative estimate of drug-likeness (QED) is 0.529. The van der Waals surface area contributed by atoms with Crippen LogP contribution in [0.15, 0.2) is 18.2 Å². The zero-order valence-corrected chi connectivity index (χ0v) is 21.5. The summed E-state index contributed by atoms with van der Waals surface area (Å²) in [7, 11) is 1.86. The number of aliphatic hydroxyl groups is 1. The molecule has 0 bridgehead atoms. The second-order valence-electron chi connectivity index (χ2n) is 12.9. The lowest BCUT2D eigenvalue weighted by Gasteiger charge is -2.62. The Bertz CT molecular complexity index is 919. The van der Waals surface area contributed by atoms with E-state index in [1.54, 1.807) is 0 Å². The van der Waals surface area contributed by atoms with Gasteiger partial charge in [0.1, 0.15) is 0 Å². The molecule has 1 unspecified atom stereocenters. The molecule has 33 heavy (non-hydrogen) atoms. The molecule has 3 nitrogen and oxygen atoms in total. The van der Waals surface area contributed by atoms with Crippen molar-refractivity contribution in [2.75, 3.05) is 13.7 Å². The summed E-state index contributed by atoms with van der Waals surface area (Å²) < 4.78 is 5.90. The van der Waals surface area contributed by atoms with Crippen molar-refractivity contribution in [3.8, 4) is 0 Å². The molecule has 0 aromatic heterocycles. The Hall–Kier alpha value is -1.19. The summed E-state index contributed by atoms with van der Waals surface area (Å²) in [6.45, 7) is 9.56. The minimum atomic E-state index is -0.519. The van der Waals surface area contributed by atoms with Crippen LogP contribution in [0, 0.1) is 54.3 Å². The maximum absolute atomic E-state index is 13.7. The summed E-state index contributed by atoms with van der Waals surface area (Å²) in [5.41, 5.74) is 3.22. The van der Waals surface area contributed by atoms with Gasteiger partial charge in [-0.15, -0.1) is 0 Å². The van der Waals surface area contributed by atoms with Gasteiger partial charge < -0.3 is 9.84 Å². The van der Waals surface area contributed by atoms with E-state index < -0.39 is 5.60 Å². The van der Waals surface area contributed by atoms with Crippen molar-refractivity contribution in [3.05, 3.63) is 34.9 Å². The van der Waals surface area contributed by atoms with Crippen molar-refractivity contribution in [3.63, 3.8) is 0 Å². The highest BCUT2D eigenvalue weighted by atomic mass is 16.5. The van der Waals surface area contributed by atoms with Crippen molar-refractivity contribution in [1.82, 2.24) is 0 Å². The first-order valence-electron chi connectivity index (χ1n) is 13.4. The van der Waals surface area contributed by atoms with E-state index in [-0.39, 0.29) is 16.7 Å². The highest BCUT2D eigenvalue weighted by molar-refractivity contribution is 5.98. The monoisotopic (exact) mass is 452 g/mol. The first-order chi connectivity index (χ1) is 15.6. The van der Waals surface area contributed by atoms with Crippen LogP contribution in [0.1, 0.15) is 93.1 Å².